The van der Waals surface area contributed by atoms with E-state index in [1.54, 1.807) is 11.3 Å². The Morgan fingerprint density at radius 2 is 2.22 bits per heavy atom. The van der Waals surface area contributed by atoms with E-state index in [2.05, 4.69) is 18.4 Å². The van der Waals surface area contributed by atoms with Crippen LogP contribution < -0.4 is 5.73 Å². The number of carbonyl (C=O) groups excluding carboxylic acids is 1. The highest BCUT2D eigenvalue weighted by Gasteiger charge is 2.38. The maximum absolute atomic E-state index is 12.6. The van der Waals surface area contributed by atoms with E-state index in [4.69, 9.17) is 5.73 Å². The van der Waals surface area contributed by atoms with E-state index in [0.29, 0.717) is 12.8 Å². The predicted octanol–water partition coefficient (Wildman–Crippen LogP) is 2.71. The molecule has 2 heterocycles. The molecular weight excluding hydrogens is 244 g/mol. The first kappa shape index (κ1) is 13.6. The van der Waals surface area contributed by atoms with Gasteiger partial charge in [-0.05, 0) is 43.2 Å². The Kier molecular flexibility index (Phi) is 3.78. The van der Waals surface area contributed by atoms with Gasteiger partial charge in [-0.2, -0.15) is 0 Å². The SMILES string of the molecule is CCC(N)(CC)C(=O)N1CCc2sccc2C1C. The lowest BCUT2D eigenvalue weighted by atomic mass is 9.90. The van der Waals surface area contributed by atoms with Crippen molar-refractivity contribution in [3.05, 3.63) is 21.9 Å². The van der Waals surface area contributed by atoms with Crippen LogP contribution in [-0.4, -0.2) is 22.9 Å². The third-order valence-electron chi connectivity index (χ3n) is 4.23. The molecule has 0 fully saturated rings. The largest absolute Gasteiger partial charge is 0.334 e. The Labute approximate surface area is 113 Å². The molecule has 1 aliphatic heterocycles. The summed E-state index contributed by atoms with van der Waals surface area (Å²) in [5.74, 6) is 0.108. The minimum atomic E-state index is -0.693. The first-order valence-electron chi connectivity index (χ1n) is 6.69. The number of hydrogen-bond acceptors (Lipinski definition) is 3. The predicted molar refractivity (Wildman–Crippen MR) is 75.7 cm³/mol. The zero-order valence-corrected chi connectivity index (χ0v) is 12.2. The van der Waals surface area contributed by atoms with Crippen LogP contribution in [-0.2, 0) is 11.2 Å². The summed E-state index contributed by atoms with van der Waals surface area (Å²) in [5, 5.41) is 2.12. The van der Waals surface area contributed by atoms with Gasteiger partial charge in [0.2, 0.25) is 5.91 Å². The van der Waals surface area contributed by atoms with Gasteiger partial charge in [0.1, 0.15) is 0 Å². The normalized spacial score (nSPS) is 19.8. The molecule has 4 heteroatoms. The van der Waals surface area contributed by atoms with Crippen molar-refractivity contribution in [1.82, 2.24) is 4.90 Å². The van der Waals surface area contributed by atoms with Crippen LogP contribution in [0.25, 0.3) is 0 Å². The van der Waals surface area contributed by atoms with Crippen molar-refractivity contribution in [1.29, 1.82) is 0 Å². The molecule has 0 radical (unpaired) electrons. The lowest BCUT2D eigenvalue weighted by Crippen LogP contribution is -2.56. The summed E-state index contributed by atoms with van der Waals surface area (Å²) >= 11 is 1.79. The van der Waals surface area contributed by atoms with Crippen LogP contribution in [0.15, 0.2) is 11.4 Å². The standard InChI is InChI=1S/C14H22N2OS/c1-4-14(15,5-2)13(17)16-8-6-12-11(10(16)3)7-9-18-12/h7,9-10H,4-6,8,15H2,1-3H3. The number of amides is 1. The number of thiophene rings is 1. The van der Waals surface area contributed by atoms with E-state index in [0.717, 1.165) is 13.0 Å². The molecule has 1 atom stereocenters. The average molecular weight is 266 g/mol. The number of nitrogens with two attached hydrogens (primary N) is 1. The lowest BCUT2D eigenvalue weighted by molar-refractivity contribution is -0.140. The number of nitrogens with zero attached hydrogens (tertiary/aromatic N) is 1. The lowest BCUT2D eigenvalue weighted by Gasteiger charge is -2.39. The van der Waals surface area contributed by atoms with Crippen molar-refractivity contribution in [2.45, 2.75) is 51.6 Å². The molecule has 0 spiro atoms. The maximum atomic E-state index is 12.6. The van der Waals surface area contributed by atoms with Crippen LogP contribution >= 0.6 is 11.3 Å². The summed E-state index contributed by atoms with van der Waals surface area (Å²) in [6.45, 7) is 6.89. The summed E-state index contributed by atoms with van der Waals surface area (Å²) in [5.41, 5.74) is 6.85. The van der Waals surface area contributed by atoms with Gasteiger partial charge < -0.3 is 10.6 Å². The van der Waals surface area contributed by atoms with Gasteiger partial charge in [-0.3, -0.25) is 4.79 Å². The van der Waals surface area contributed by atoms with Gasteiger partial charge in [0.25, 0.3) is 0 Å². The number of rotatable bonds is 3. The Morgan fingerprint density at radius 1 is 1.56 bits per heavy atom. The average Bonchev–Trinajstić information content (AvgIpc) is 2.86. The highest BCUT2D eigenvalue weighted by Crippen LogP contribution is 2.34. The van der Waals surface area contributed by atoms with Crippen molar-refractivity contribution in [2.24, 2.45) is 5.73 Å². The molecule has 18 heavy (non-hydrogen) atoms. The van der Waals surface area contributed by atoms with Gasteiger partial charge in [-0.25, -0.2) is 0 Å². The molecule has 0 aliphatic carbocycles. The fourth-order valence-corrected chi connectivity index (χ4v) is 3.59. The van der Waals surface area contributed by atoms with Crippen molar-refractivity contribution in [3.8, 4) is 0 Å². The van der Waals surface area contributed by atoms with Crippen molar-refractivity contribution >= 4 is 17.2 Å². The van der Waals surface area contributed by atoms with Crippen LogP contribution in [0.4, 0.5) is 0 Å². The van der Waals surface area contributed by atoms with E-state index in [1.807, 2.05) is 18.7 Å². The summed E-state index contributed by atoms with van der Waals surface area (Å²) < 4.78 is 0. The molecule has 0 aromatic carbocycles. The van der Waals surface area contributed by atoms with Crippen LogP contribution in [0, 0.1) is 0 Å². The van der Waals surface area contributed by atoms with Gasteiger partial charge in [-0.1, -0.05) is 13.8 Å². The van der Waals surface area contributed by atoms with E-state index in [1.165, 1.54) is 10.4 Å². The van der Waals surface area contributed by atoms with Crippen LogP contribution in [0.2, 0.25) is 0 Å². The molecule has 100 valence electrons. The second-order valence-corrected chi connectivity index (χ2v) is 6.09. The zero-order valence-electron chi connectivity index (χ0n) is 11.4. The van der Waals surface area contributed by atoms with E-state index in [9.17, 15) is 4.79 Å². The molecule has 3 nitrogen and oxygen atoms in total. The Hall–Kier alpha value is -0.870. The van der Waals surface area contributed by atoms with Crippen molar-refractivity contribution in [3.63, 3.8) is 0 Å². The van der Waals surface area contributed by atoms with Crippen LogP contribution in [0.3, 0.4) is 0 Å². The van der Waals surface area contributed by atoms with Crippen LogP contribution in [0.1, 0.15) is 50.1 Å². The Balaban J connectivity index is 2.24. The molecule has 1 unspecified atom stereocenters. The monoisotopic (exact) mass is 266 g/mol. The summed E-state index contributed by atoms with van der Waals surface area (Å²) in [6, 6.07) is 2.30. The van der Waals surface area contributed by atoms with Gasteiger partial charge in [-0.15, -0.1) is 11.3 Å². The van der Waals surface area contributed by atoms with E-state index < -0.39 is 5.54 Å². The fourth-order valence-electron chi connectivity index (χ4n) is 2.63. The molecule has 2 rings (SSSR count). The molecule has 1 aromatic heterocycles. The van der Waals surface area contributed by atoms with Gasteiger partial charge in [0, 0.05) is 11.4 Å². The molecule has 1 amide bonds. The molecular formula is C14H22N2OS. The molecule has 0 saturated heterocycles. The summed E-state index contributed by atoms with van der Waals surface area (Å²) in [7, 11) is 0. The molecule has 0 saturated carbocycles. The number of carbonyl (C=O) groups is 1. The minimum absolute atomic E-state index is 0.108. The summed E-state index contributed by atoms with van der Waals surface area (Å²) in [4.78, 5) is 16.0. The van der Waals surface area contributed by atoms with E-state index >= 15 is 0 Å². The third kappa shape index (κ3) is 2.08. The number of fused-ring (bicyclic) bond motifs is 1. The van der Waals surface area contributed by atoms with Crippen LogP contribution in [0.5, 0.6) is 0 Å². The van der Waals surface area contributed by atoms with Gasteiger partial charge >= 0.3 is 0 Å². The number of hydrogen-bond donors (Lipinski definition) is 1. The van der Waals surface area contributed by atoms with Crippen molar-refractivity contribution < 1.29 is 4.79 Å². The fraction of sp³-hybridized carbons (Fsp3) is 0.643. The molecule has 0 bridgehead atoms. The Morgan fingerprint density at radius 3 is 2.83 bits per heavy atom. The minimum Gasteiger partial charge on any atom is -0.334 e. The first-order chi connectivity index (χ1) is 8.53. The smallest absolute Gasteiger partial charge is 0.243 e. The van der Waals surface area contributed by atoms with Crippen molar-refractivity contribution in [2.75, 3.05) is 6.54 Å². The third-order valence-corrected chi connectivity index (χ3v) is 5.22. The van der Waals surface area contributed by atoms with E-state index in [-0.39, 0.29) is 11.9 Å². The molecule has 1 aromatic rings. The highest BCUT2D eigenvalue weighted by molar-refractivity contribution is 7.10. The van der Waals surface area contributed by atoms with Gasteiger partial charge in [0.05, 0.1) is 11.6 Å². The topological polar surface area (TPSA) is 46.3 Å². The molecule has 2 N–H and O–H groups in total. The second-order valence-electron chi connectivity index (χ2n) is 5.09. The second kappa shape index (κ2) is 5.02. The summed E-state index contributed by atoms with van der Waals surface area (Å²) in [6.07, 6.45) is 2.36. The van der Waals surface area contributed by atoms with Gasteiger partial charge in [0.15, 0.2) is 0 Å². The molecule has 1 aliphatic rings. The quantitative estimate of drug-likeness (QED) is 0.914. The zero-order chi connectivity index (χ0) is 13.3. The Bertz CT molecular complexity index is 437. The maximum Gasteiger partial charge on any atom is 0.243 e. The highest BCUT2D eigenvalue weighted by atomic mass is 32.1. The first-order valence-corrected chi connectivity index (χ1v) is 7.57.